The molecule has 0 radical (unpaired) electrons. The molecular formula is C22H24N2O3S. The van der Waals surface area contributed by atoms with Gasteiger partial charge in [0.05, 0.1) is 5.75 Å². The molecule has 0 spiro atoms. The van der Waals surface area contributed by atoms with Crippen LogP contribution in [0.4, 0.5) is 0 Å². The van der Waals surface area contributed by atoms with Crippen molar-refractivity contribution in [3.63, 3.8) is 0 Å². The maximum atomic E-state index is 12.6. The van der Waals surface area contributed by atoms with Crippen LogP contribution in [0.5, 0.6) is 0 Å². The third kappa shape index (κ3) is 5.18. The van der Waals surface area contributed by atoms with Gasteiger partial charge in [-0.1, -0.05) is 54.6 Å². The van der Waals surface area contributed by atoms with Crippen molar-refractivity contribution < 1.29 is 13.2 Å². The summed E-state index contributed by atoms with van der Waals surface area (Å²) in [6.45, 7) is 3.83. The minimum Gasteiger partial charge on any atom is -0.348 e. The zero-order valence-electron chi connectivity index (χ0n) is 16.0. The molecule has 3 aromatic rings. The average Bonchev–Trinajstić information content (AvgIpc) is 2.65. The molecule has 146 valence electrons. The highest BCUT2D eigenvalue weighted by atomic mass is 32.2. The van der Waals surface area contributed by atoms with Gasteiger partial charge in [-0.25, -0.2) is 13.1 Å². The van der Waals surface area contributed by atoms with Crippen LogP contribution in [0.25, 0.3) is 10.8 Å². The van der Waals surface area contributed by atoms with Crippen LogP contribution >= 0.6 is 0 Å². The minimum absolute atomic E-state index is 0.118. The molecule has 3 rings (SSSR count). The third-order valence-corrected chi connectivity index (χ3v) is 5.85. The van der Waals surface area contributed by atoms with Crippen LogP contribution in [0.1, 0.15) is 35.3 Å². The number of carbonyl (C=O) groups is 1. The normalized spacial score (nSPS) is 11.7. The lowest BCUT2D eigenvalue weighted by Gasteiger charge is -2.13. The van der Waals surface area contributed by atoms with E-state index in [1.54, 1.807) is 32.0 Å². The van der Waals surface area contributed by atoms with E-state index in [9.17, 15) is 13.2 Å². The molecular weight excluding hydrogens is 372 g/mol. The summed E-state index contributed by atoms with van der Waals surface area (Å²) >= 11 is 0. The van der Waals surface area contributed by atoms with Crippen molar-refractivity contribution in [3.8, 4) is 0 Å². The van der Waals surface area contributed by atoms with E-state index in [-0.39, 0.29) is 24.2 Å². The fourth-order valence-electron chi connectivity index (χ4n) is 3.08. The van der Waals surface area contributed by atoms with E-state index < -0.39 is 10.0 Å². The van der Waals surface area contributed by atoms with Crippen molar-refractivity contribution in [2.75, 3.05) is 0 Å². The van der Waals surface area contributed by atoms with Gasteiger partial charge in [0.1, 0.15) is 0 Å². The summed E-state index contributed by atoms with van der Waals surface area (Å²) in [7, 11) is -3.43. The van der Waals surface area contributed by atoms with Crippen LogP contribution in [0.2, 0.25) is 0 Å². The molecule has 0 unspecified atom stereocenters. The first-order valence-corrected chi connectivity index (χ1v) is 10.8. The average molecular weight is 397 g/mol. The first-order valence-electron chi connectivity index (χ1n) is 9.18. The highest BCUT2D eigenvalue weighted by Crippen LogP contribution is 2.16. The summed E-state index contributed by atoms with van der Waals surface area (Å²) in [6, 6.07) is 20.5. The van der Waals surface area contributed by atoms with Gasteiger partial charge in [0, 0.05) is 18.2 Å². The van der Waals surface area contributed by atoms with Gasteiger partial charge in [0.25, 0.3) is 5.91 Å². The summed E-state index contributed by atoms with van der Waals surface area (Å²) < 4.78 is 27.1. The molecule has 0 atom stereocenters. The number of amides is 1. The molecule has 28 heavy (non-hydrogen) atoms. The van der Waals surface area contributed by atoms with E-state index in [0.29, 0.717) is 11.1 Å². The first-order chi connectivity index (χ1) is 13.3. The van der Waals surface area contributed by atoms with Crippen LogP contribution < -0.4 is 10.0 Å². The van der Waals surface area contributed by atoms with Crippen molar-refractivity contribution in [1.29, 1.82) is 0 Å². The SMILES string of the molecule is CC(C)NS(=O)(=O)Cc1ccccc1CNC(=O)c1ccc2ccccc2c1. The molecule has 1 amide bonds. The molecule has 0 heterocycles. The second kappa shape index (κ2) is 8.54. The van der Waals surface area contributed by atoms with Gasteiger partial charge in [0.2, 0.25) is 10.0 Å². The Bertz CT molecular complexity index is 1090. The van der Waals surface area contributed by atoms with E-state index >= 15 is 0 Å². The molecule has 0 saturated heterocycles. The molecule has 0 bridgehead atoms. The molecule has 0 fully saturated rings. The lowest BCUT2D eigenvalue weighted by molar-refractivity contribution is 0.0951. The van der Waals surface area contributed by atoms with E-state index in [2.05, 4.69) is 10.0 Å². The number of rotatable bonds is 7. The highest BCUT2D eigenvalue weighted by Gasteiger charge is 2.16. The van der Waals surface area contributed by atoms with E-state index in [1.165, 1.54) is 0 Å². The van der Waals surface area contributed by atoms with Gasteiger partial charge < -0.3 is 5.32 Å². The minimum atomic E-state index is -3.43. The fraction of sp³-hybridized carbons (Fsp3) is 0.227. The van der Waals surface area contributed by atoms with Gasteiger partial charge in [0.15, 0.2) is 0 Å². The van der Waals surface area contributed by atoms with E-state index in [0.717, 1.165) is 16.3 Å². The summed E-state index contributed by atoms with van der Waals surface area (Å²) in [5.41, 5.74) is 2.03. The maximum absolute atomic E-state index is 12.6. The summed E-state index contributed by atoms with van der Waals surface area (Å²) in [4.78, 5) is 12.6. The lowest BCUT2D eigenvalue weighted by atomic mass is 10.1. The van der Waals surface area contributed by atoms with Gasteiger partial charge in [-0.15, -0.1) is 0 Å². The van der Waals surface area contributed by atoms with Crippen molar-refractivity contribution in [2.24, 2.45) is 0 Å². The Morgan fingerprint density at radius 1 is 0.893 bits per heavy atom. The summed E-state index contributed by atoms with van der Waals surface area (Å²) in [5.74, 6) is -0.309. The lowest BCUT2D eigenvalue weighted by Crippen LogP contribution is -2.31. The standard InChI is InChI=1S/C22H24N2O3S/c1-16(2)24-28(26,27)15-21-10-6-5-9-20(21)14-23-22(25)19-12-11-17-7-3-4-8-18(17)13-19/h3-13,16,24H,14-15H2,1-2H3,(H,23,25). The van der Waals surface area contributed by atoms with Gasteiger partial charge >= 0.3 is 0 Å². The van der Waals surface area contributed by atoms with E-state index in [4.69, 9.17) is 0 Å². The van der Waals surface area contributed by atoms with Crippen LogP contribution in [0.15, 0.2) is 66.7 Å². The van der Waals surface area contributed by atoms with Crippen molar-refractivity contribution in [1.82, 2.24) is 10.0 Å². The monoisotopic (exact) mass is 396 g/mol. The predicted octanol–water partition coefficient (Wildman–Crippen LogP) is 3.60. The molecule has 2 N–H and O–H groups in total. The number of carbonyl (C=O) groups excluding carboxylic acids is 1. The van der Waals surface area contributed by atoms with Crippen molar-refractivity contribution in [3.05, 3.63) is 83.4 Å². The van der Waals surface area contributed by atoms with Gasteiger partial charge in [-0.3, -0.25) is 4.79 Å². The quantitative estimate of drug-likeness (QED) is 0.641. The Morgan fingerprint density at radius 2 is 1.54 bits per heavy atom. The Balaban J connectivity index is 1.72. The molecule has 6 heteroatoms. The van der Waals surface area contributed by atoms with Crippen LogP contribution in [-0.2, 0) is 22.3 Å². The maximum Gasteiger partial charge on any atom is 0.251 e. The zero-order valence-corrected chi connectivity index (χ0v) is 16.8. The summed E-state index contributed by atoms with van der Waals surface area (Å²) in [5, 5.41) is 4.97. The predicted molar refractivity (Wildman–Crippen MR) is 112 cm³/mol. The Kier molecular flexibility index (Phi) is 6.11. The number of sulfonamides is 1. The second-order valence-corrected chi connectivity index (χ2v) is 8.80. The topological polar surface area (TPSA) is 75.3 Å². The Hall–Kier alpha value is -2.70. The second-order valence-electron chi connectivity index (χ2n) is 7.04. The molecule has 0 aliphatic heterocycles. The van der Waals surface area contributed by atoms with Crippen LogP contribution in [0.3, 0.4) is 0 Å². The molecule has 3 aromatic carbocycles. The smallest absolute Gasteiger partial charge is 0.251 e. The molecule has 0 aliphatic carbocycles. The first kappa shape index (κ1) is 20.0. The highest BCUT2D eigenvalue weighted by molar-refractivity contribution is 7.88. The van der Waals surface area contributed by atoms with Crippen LogP contribution in [0, 0.1) is 0 Å². The molecule has 0 aliphatic rings. The van der Waals surface area contributed by atoms with Crippen molar-refractivity contribution in [2.45, 2.75) is 32.2 Å². The van der Waals surface area contributed by atoms with Gasteiger partial charge in [-0.05, 0) is 47.9 Å². The van der Waals surface area contributed by atoms with Crippen molar-refractivity contribution >= 4 is 26.7 Å². The number of hydrogen-bond donors (Lipinski definition) is 2. The Morgan fingerprint density at radius 3 is 2.25 bits per heavy atom. The molecule has 5 nitrogen and oxygen atoms in total. The molecule has 0 aromatic heterocycles. The largest absolute Gasteiger partial charge is 0.348 e. The fourth-order valence-corrected chi connectivity index (χ4v) is 4.58. The number of fused-ring (bicyclic) bond motifs is 1. The summed E-state index contributed by atoms with van der Waals surface area (Å²) in [6.07, 6.45) is 0. The number of hydrogen-bond acceptors (Lipinski definition) is 3. The molecule has 0 saturated carbocycles. The third-order valence-electron chi connectivity index (χ3n) is 4.33. The van der Waals surface area contributed by atoms with E-state index in [1.807, 2.05) is 48.5 Å². The number of benzene rings is 3. The number of nitrogens with one attached hydrogen (secondary N) is 2. The zero-order chi connectivity index (χ0) is 20.1. The van der Waals surface area contributed by atoms with Crippen LogP contribution in [-0.4, -0.2) is 20.4 Å². The van der Waals surface area contributed by atoms with Gasteiger partial charge in [-0.2, -0.15) is 0 Å². The Labute approximate surface area is 165 Å².